The van der Waals surface area contributed by atoms with E-state index in [0.717, 1.165) is 5.56 Å². The van der Waals surface area contributed by atoms with E-state index in [0.29, 0.717) is 23.8 Å². The number of benzene rings is 2. The molecule has 1 unspecified atom stereocenters. The van der Waals surface area contributed by atoms with Gasteiger partial charge in [0.25, 0.3) is 5.91 Å². The molecule has 0 saturated carbocycles. The van der Waals surface area contributed by atoms with Crippen LogP contribution in [0.5, 0.6) is 5.75 Å². The smallest absolute Gasteiger partial charge is 0.344 e. The summed E-state index contributed by atoms with van der Waals surface area (Å²) in [4.78, 5) is 26.5. The molecule has 1 aliphatic rings. The van der Waals surface area contributed by atoms with E-state index < -0.39 is 34.4 Å². The van der Waals surface area contributed by atoms with Gasteiger partial charge in [-0.25, -0.2) is 13.2 Å². The van der Waals surface area contributed by atoms with E-state index in [2.05, 4.69) is 13.8 Å². The number of hydrogen-bond donors (Lipinski definition) is 0. The Bertz CT molecular complexity index is 1070. The largest absolute Gasteiger partial charge is 0.482 e. The van der Waals surface area contributed by atoms with Crippen LogP contribution in [-0.2, 0) is 24.2 Å². The minimum Gasteiger partial charge on any atom is -0.482 e. The van der Waals surface area contributed by atoms with Crippen molar-refractivity contribution in [2.75, 3.05) is 29.6 Å². The molecule has 0 spiro atoms. The Hall–Kier alpha value is -2.87. The highest BCUT2D eigenvalue weighted by atomic mass is 32.2. The summed E-state index contributed by atoms with van der Waals surface area (Å²) < 4.78 is 34.5. The summed E-state index contributed by atoms with van der Waals surface area (Å²) >= 11 is 0. The fourth-order valence-electron chi connectivity index (χ4n) is 3.91. The summed E-state index contributed by atoms with van der Waals surface area (Å²) in [6, 6.07) is 14.0. The number of aryl methyl sites for hydroxylation is 1. The molecule has 8 heteroatoms. The number of amides is 1. The Morgan fingerprint density at radius 3 is 2.41 bits per heavy atom. The molecule has 0 N–H and O–H groups in total. The molecule has 1 heterocycles. The number of carbonyl (C=O) groups excluding carboxylic acids is 2. The van der Waals surface area contributed by atoms with Crippen LogP contribution in [0.4, 0.5) is 5.69 Å². The van der Waals surface area contributed by atoms with Gasteiger partial charge >= 0.3 is 5.97 Å². The molecule has 1 amide bonds. The van der Waals surface area contributed by atoms with Gasteiger partial charge in [0.05, 0.1) is 17.5 Å². The molecule has 1 atom stereocenters. The molecule has 1 aliphatic heterocycles. The zero-order valence-corrected chi connectivity index (χ0v) is 19.4. The highest BCUT2D eigenvalue weighted by molar-refractivity contribution is 7.91. The maximum Gasteiger partial charge on any atom is 0.344 e. The number of anilines is 1. The average Bonchev–Trinajstić information content (AvgIpc) is 3.10. The number of para-hydroxylation sites is 1. The number of esters is 1. The quantitative estimate of drug-likeness (QED) is 0.563. The van der Waals surface area contributed by atoms with E-state index in [4.69, 9.17) is 9.47 Å². The molecular weight excluding hydrogens is 430 g/mol. The van der Waals surface area contributed by atoms with Crippen molar-refractivity contribution in [2.45, 2.75) is 39.2 Å². The predicted molar refractivity (Wildman–Crippen MR) is 123 cm³/mol. The number of sulfone groups is 1. The van der Waals surface area contributed by atoms with Crippen molar-refractivity contribution in [2.24, 2.45) is 0 Å². The lowest BCUT2D eigenvalue weighted by Gasteiger charge is -2.28. The SMILES string of the molecule is Cc1cc(OCC(=O)OCC(=O)N(c2ccccc2)C2CCS(=O)(=O)C2)ccc1C(C)C. The molecular formula is C24H29NO6S. The van der Waals surface area contributed by atoms with Gasteiger partial charge in [0.2, 0.25) is 0 Å². The van der Waals surface area contributed by atoms with Crippen LogP contribution < -0.4 is 9.64 Å². The van der Waals surface area contributed by atoms with Crippen LogP contribution in [0.1, 0.15) is 37.3 Å². The zero-order valence-electron chi connectivity index (χ0n) is 18.6. The predicted octanol–water partition coefficient (Wildman–Crippen LogP) is 3.26. The molecule has 1 fully saturated rings. The summed E-state index contributed by atoms with van der Waals surface area (Å²) in [6.07, 6.45) is 0.353. The molecule has 0 radical (unpaired) electrons. The first kappa shape index (κ1) is 23.8. The monoisotopic (exact) mass is 459 g/mol. The highest BCUT2D eigenvalue weighted by Crippen LogP contribution is 2.25. The Morgan fingerprint density at radius 2 is 1.81 bits per heavy atom. The lowest BCUT2D eigenvalue weighted by molar-refractivity contribution is -0.149. The number of nitrogens with zero attached hydrogens (tertiary/aromatic N) is 1. The summed E-state index contributed by atoms with van der Waals surface area (Å²) in [6.45, 7) is 5.39. The third kappa shape index (κ3) is 6.09. The van der Waals surface area contributed by atoms with Crippen LogP contribution in [0.15, 0.2) is 48.5 Å². The molecule has 2 aromatic carbocycles. The Balaban J connectivity index is 1.58. The van der Waals surface area contributed by atoms with Gasteiger partial charge in [0, 0.05) is 5.69 Å². The van der Waals surface area contributed by atoms with Gasteiger partial charge in [0.15, 0.2) is 23.1 Å². The van der Waals surface area contributed by atoms with E-state index in [9.17, 15) is 18.0 Å². The van der Waals surface area contributed by atoms with E-state index in [-0.39, 0.29) is 18.1 Å². The Labute approximate surface area is 189 Å². The van der Waals surface area contributed by atoms with Gasteiger partial charge in [-0.3, -0.25) is 4.79 Å². The third-order valence-corrected chi connectivity index (χ3v) is 7.20. The lowest BCUT2D eigenvalue weighted by Crippen LogP contribution is -2.43. The molecule has 7 nitrogen and oxygen atoms in total. The van der Waals surface area contributed by atoms with Gasteiger partial charge in [-0.2, -0.15) is 0 Å². The molecule has 0 aliphatic carbocycles. The van der Waals surface area contributed by atoms with Crippen LogP contribution in [-0.4, -0.2) is 51.1 Å². The summed E-state index contributed by atoms with van der Waals surface area (Å²) in [5.74, 6) is -0.257. The van der Waals surface area contributed by atoms with Crippen LogP contribution in [0, 0.1) is 6.92 Å². The normalized spacial score (nSPS) is 17.2. The number of carbonyl (C=O) groups is 2. The fourth-order valence-corrected chi connectivity index (χ4v) is 5.61. The zero-order chi connectivity index (χ0) is 23.3. The Morgan fingerprint density at radius 1 is 1.09 bits per heavy atom. The molecule has 3 rings (SSSR count). The van der Waals surface area contributed by atoms with Crippen molar-refractivity contribution < 1.29 is 27.5 Å². The fraction of sp³-hybridized carbons (Fsp3) is 0.417. The maximum atomic E-state index is 12.9. The standard InChI is InChI=1S/C24H29NO6S/c1-17(2)22-10-9-21(13-18(22)3)30-15-24(27)31-14-23(26)25(19-7-5-4-6-8-19)20-11-12-32(28,29)16-20/h4-10,13,17,20H,11-12,14-16H2,1-3H3. The minimum atomic E-state index is -3.19. The minimum absolute atomic E-state index is 0.0386. The van der Waals surface area contributed by atoms with E-state index in [1.807, 2.05) is 25.1 Å². The van der Waals surface area contributed by atoms with Crippen molar-refractivity contribution in [1.29, 1.82) is 0 Å². The molecule has 1 saturated heterocycles. The van der Waals surface area contributed by atoms with Crippen LogP contribution >= 0.6 is 0 Å². The van der Waals surface area contributed by atoms with Crippen molar-refractivity contribution in [3.8, 4) is 5.75 Å². The van der Waals surface area contributed by atoms with E-state index >= 15 is 0 Å². The van der Waals surface area contributed by atoms with Gasteiger partial charge in [0.1, 0.15) is 5.75 Å². The third-order valence-electron chi connectivity index (χ3n) is 5.45. The van der Waals surface area contributed by atoms with Gasteiger partial charge < -0.3 is 14.4 Å². The topological polar surface area (TPSA) is 90.0 Å². The van der Waals surface area contributed by atoms with Crippen molar-refractivity contribution in [3.05, 3.63) is 59.7 Å². The number of ether oxygens (including phenoxy) is 2. The molecule has 0 aromatic heterocycles. The van der Waals surface area contributed by atoms with Crippen molar-refractivity contribution in [1.82, 2.24) is 0 Å². The maximum absolute atomic E-state index is 12.9. The van der Waals surface area contributed by atoms with Crippen LogP contribution in [0.2, 0.25) is 0 Å². The second kappa shape index (κ2) is 10.2. The second-order valence-corrected chi connectivity index (χ2v) is 10.5. The Kier molecular flexibility index (Phi) is 7.56. The van der Waals surface area contributed by atoms with Crippen molar-refractivity contribution in [3.63, 3.8) is 0 Å². The first-order valence-electron chi connectivity index (χ1n) is 10.6. The average molecular weight is 460 g/mol. The van der Waals surface area contributed by atoms with Crippen LogP contribution in [0.25, 0.3) is 0 Å². The molecule has 32 heavy (non-hydrogen) atoms. The van der Waals surface area contributed by atoms with Crippen LogP contribution in [0.3, 0.4) is 0 Å². The highest BCUT2D eigenvalue weighted by Gasteiger charge is 2.35. The summed E-state index contributed by atoms with van der Waals surface area (Å²) in [5.41, 5.74) is 2.86. The number of hydrogen-bond acceptors (Lipinski definition) is 6. The second-order valence-electron chi connectivity index (χ2n) is 8.28. The summed E-state index contributed by atoms with van der Waals surface area (Å²) in [7, 11) is -3.19. The first-order chi connectivity index (χ1) is 15.2. The van der Waals surface area contributed by atoms with Gasteiger partial charge in [-0.15, -0.1) is 0 Å². The molecule has 0 bridgehead atoms. The molecule has 172 valence electrons. The first-order valence-corrected chi connectivity index (χ1v) is 12.4. The van der Waals surface area contributed by atoms with Gasteiger partial charge in [-0.1, -0.05) is 38.1 Å². The van der Waals surface area contributed by atoms with Crippen molar-refractivity contribution >= 4 is 27.4 Å². The molecule has 2 aromatic rings. The summed E-state index contributed by atoms with van der Waals surface area (Å²) in [5, 5.41) is 0. The van der Waals surface area contributed by atoms with E-state index in [1.165, 1.54) is 10.5 Å². The van der Waals surface area contributed by atoms with E-state index in [1.54, 1.807) is 30.3 Å². The van der Waals surface area contributed by atoms with Gasteiger partial charge in [-0.05, 0) is 54.7 Å². The number of rotatable bonds is 8. The lowest BCUT2D eigenvalue weighted by atomic mass is 9.98.